The molecule has 2 amide bonds. The average Bonchev–Trinajstić information content (AvgIpc) is 3.54. The van der Waals surface area contributed by atoms with E-state index in [1.54, 1.807) is 0 Å². The first-order valence-corrected chi connectivity index (χ1v) is 17.5. The Morgan fingerprint density at radius 3 is 2.70 bits per heavy atom. The summed E-state index contributed by atoms with van der Waals surface area (Å²) in [5.74, 6) is -1.07. The third-order valence-electron chi connectivity index (χ3n) is 9.51. The van der Waals surface area contributed by atoms with E-state index in [4.69, 9.17) is 9.47 Å². The number of nitrogens with zero attached hydrogens (tertiary/aromatic N) is 1. The van der Waals surface area contributed by atoms with Crippen LogP contribution in [0, 0.1) is 5.92 Å². The van der Waals surface area contributed by atoms with E-state index in [9.17, 15) is 24.6 Å². The molecule has 3 heterocycles. The first kappa shape index (κ1) is 34.4. The van der Waals surface area contributed by atoms with Crippen LogP contribution in [0.1, 0.15) is 87.6 Å². The van der Waals surface area contributed by atoms with Crippen molar-refractivity contribution in [3.63, 3.8) is 0 Å². The molecule has 5 rings (SSSR count). The number of fused-ring (bicyclic) bond motifs is 1. The van der Waals surface area contributed by atoms with Crippen molar-refractivity contribution in [2.24, 2.45) is 5.92 Å². The molecule has 3 aliphatic rings. The number of phenols is 1. The van der Waals surface area contributed by atoms with E-state index in [-0.39, 0.29) is 49.0 Å². The second kappa shape index (κ2) is 15.3. The van der Waals surface area contributed by atoms with Crippen LogP contribution in [0.5, 0.6) is 11.5 Å². The zero-order chi connectivity index (χ0) is 33.7. The lowest BCUT2D eigenvalue weighted by atomic mass is 9.73. The van der Waals surface area contributed by atoms with Crippen LogP contribution in [0.2, 0.25) is 0 Å². The number of rotatable bonds is 15. The number of aliphatic carboxylic acids is 1. The highest BCUT2D eigenvalue weighted by Crippen LogP contribution is 2.47. The molecule has 1 fully saturated rings. The van der Waals surface area contributed by atoms with Gasteiger partial charge in [-0.25, -0.2) is 4.79 Å². The molecular formula is C37H46N2O7S. The highest BCUT2D eigenvalue weighted by atomic mass is 32.1. The summed E-state index contributed by atoms with van der Waals surface area (Å²) in [6.07, 6.45) is 9.24. The number of aromatic hydroxyl groups is 1. The molecule has 9 nitrogen and oxygen atoms in total. The number of carboxylic acids is 1. The molecule has 0 bridgehead atoms. The van der Waals surface area contributed by atoms with Gasteiger partial charge in [0.1, 0.15) is 23.2 Å². The zero-order valence-corrected chi connectivity index (χ0v) is 28.4. The van der Waals surface area contributed by atoms with Crippen molar-refractivity contribution in [1.29, 1.82) is 0 Å². The Labute approximate surface area is 281 Å². The molecule has 1 aliphatic carbocycles. The van der Waals surface area contributed by atoms with Crippen LogP contribution in [0.3, 0.4) is 0 Å². The van der Waals surface area contributed by atoms with Gasteiger partial charge in [0.05, 0.1) is 19.1 Å². The molecule has 4 atom stereocenters. The van der Waals surface area contributed by atoms with Crippen molar-refractivity contribution >= 4 is 29.1 Å². The molecular weight excluding hydrogens is 616 g/mol. The highest BCUT2D eigenvalue weighted by molar-refractivity contribution is 7.10. The van der Waals surface area contributed by atoms with Gasteiger partial charge in [0, 0.05) is 16.4 Å². The van der Waals surface area contributed by atoms with Gasteiger partial charge in [0.25, 0.3) is 5.91 Å². The number of unbranched alkanes of at least 4 members (excludes halogenated alkanes) is 2. The number of allylic oxidation sites excluding steroid dienone is 3. The van der Waals surface area contributed by atoms with Crippen LogP contribution in [0.25, 0.3) is 0 Å². The van der Waals surface area contributed by atoms with E-state index in [1.807, 2.05) is 36.6 Å². The zero-order valence-electron chi connectivity index (χ0n) is 27.5. The molecule has 0 radical (unpaired) electrons. The van der Waals surface area contributed by atoms with Crippen molar-refractivity contribution in [1.82, 2.24) is 10.2 Å². The van der Waals surface area contributed by atoms with Gasteiger partial charge < -0.3 is 25.0 Å². The van der Waals surface area contributed by atoms with Crippen LogP contribution >= 0.6 is 11.3 Å². The molecule has 0 saturated carbocycles. The number of amides is 2. The quantitative estimate of drug-likeness (QED) is 0.0847. The largest absolute Gasteiger partial charge is 0.507 e. The fraction of sp³-hybridized carbons (Fsp3) is 0.486. The van der Waals surface area contributed by atoms with Crippen molar-refractivity contribution in [3.8, 4) is 11.5 Å². The van der Waals surface area contributed by atoms with Crippen molar-refractivity contribution in [2.45, 2.75) is 96.6 Å². The summed E-state index contributed by atoms with van der Waals surface area (Å²) in [5, 5.41) is 26.1. The second-order valence-corrected chi connectivity index (χ2v) is 14.0. The number of aryl methyl sites for hydroxylation is 1. The molecule has 3 N–H and O–H groups in total. The minimum Gasteiger partial charge on any atom is -0.507 e. The van der Waals surface area contributed by atoms with Crippen LogP contribution < -0.4 is 10.1 Å². The van der Waals surface area contributed by atoms with E-state index < -0.39 is 24.0 Å². The summed E-state index contributed by atoms with van der Waals surface area (Å²) in [7, 11) is 0. The number of hydrogen-bond donors (Lipinski definition) is 3. The lowest BCUT2D eigenvalue weighted by Gasteiger charge is -2.50. The predicted octanol–water partition coefficient (Wildman–Crippen LogP) is 6.63. The molecule has 1 aromatic heterocycles. The minimum absolute atomic E-state index is 0.0259. The van der Waals surface area contributed by atoms with Crippen LogP contribution in [-0.2, 0) is 32.0 Å². The fourth-order valence-corrected chi connectivity index (χ4v) is 7.80. The van der Waals surface area contributed by atoms with Gasteiger partial charge >= 0.3 is 5.97 Å². The number of carbonyl (C=O) groups excluding carboxylic acids is 2. The number of β-lactam (4-membered cyclic amide) rings is 1. The van der Waals surface area contributed by atoms with Crippen molar-refractivity contribution in [3.05, 3.63) is 80.7 Å². The van der Waals surface area contributed by atoms with Crippen LogP contribution in [-0.4, -0.2) is 58.4 Å². The second-order valence-electron chi connectivity index (χ2n) is 13.0. The number of nitrogens with one attached hydrogen (secondary N) is 1. The molecule has 47 heavy (non-hydrogen) atoms. The molecule has 1 saturated heterocycles. The van der Waals surface area contributed by atoms with Crippen molar-refractivity contribution in [2.75, 3.05) is 13.4 Å². The topological polar surface area (TPSA) is 125 Å². The lowest BCUT2D eigenvalue weighted by Crippen LogP contribution is -2.71. The number of phenolic OH excluding ortho intramolecular Hbond substituents is 1. The molecule has 0 unspecified atom stereocenters. The summed E-state index contributed by atoms with van der Waals surface area (Å²) >= 11 is 1.47. The Kier molecular flexibility index (Phi) is 11.2. The van der Waals surface area contributed by atoms with E-state index in [2.05, 4.69) is 31.8 Å². The average molecular weight is 663 g/mol. The van der Waals surface area contributed by atoms with Gasteiger partial charge in [0.2, 0.25) is 5.91 Å². The van der Waals surface area contributed by atoms with Gasteiger partial charge in [-0.2, -0.15) is 0 Å². The number of carbonyl (C=O) groups is 3. The highest BCUT2D eigenvalue weighted by Gasteiger charge is 2.53. The van der Waals surface area contributed by atoms with Gasteiger partial charge in [-0.15, -0.1) is 11.3 Å². The van der Waals surface area contributed by atoms with Gasteiger partial charge in [-0.3, -0.25) is 14.5 Å². The number of hydrogen-bond acceptors (Lipinski definition) is 7. The van der Waals surface area contributed by atoms with Crippen molar-refractivity contribution < 1.29 is 34.1 Å². The Hall–Kier alpha value is -3.89. The van der Waals surface area contributed by atoms with Crippen LogP contribution in [0.4, 0.5) is 0 Å². The Balaban J connectivity index is 1.28. The SMILES string of the molecule is C=C(C)[C@@H]1CCC(C)=C[C@H]1c1c(O)cc(CCCCC)cc1OCOCC1=C(C(=O)O)N2C(=O)[C@@H](NC(=O)Cc3cccs3)[C@H]2CC1. The van der Waals surface area contributed by atoms with E-state index >= 15 is 0 Å². The summed E-state index contributed by atoms with van der Waals surface area (Å²) < 4.78 is 12.1. The Morgan fingerprint density at radius 1 is 1.19 bits per heavy atom. The molecule has 1 aromatic carbocycles. The monoisotopic (exact) mass is 662 g/mol. The molecule has 2 aliphatic heterocycles. The standard InChI is InChI=1S/C37H46N2O7S/c1-5-6-7-9-24-17-30(40)33(28-16-23(4)11-13-27(28)22(2)3)31(18-24)46-21-45-20-25-12-14-29-34(36(42)39(29)35(25)37(43)44)38-32(41)19-26-10-8-15-47-26/h8,10,15-18,27-29,34,40H,2,5-7,9,11-14,19-21H2,1,3-4H3,(H,38,41)(H,43,44)/t27-,28+,29+,34-/m0/s1. The van der Waals surface area contributed by atoms with E-state index in [0.717, 1.165) is 54.5 Å². The number of thiophene rings is 1. The molecule has 252 valence electrons. The lowest BCUT2D eigenvalue weighted by molar-refractivity contribution is -0.156. The van der Waals surface area contributed by atoms with Gasteiger partial charge in [-0.05, 0) is 93.0 Å². The summed E-state index contributed by atoms with van der Waals surface area (Å²) in [6.45, 7) is 10.3. The maximum Gasteiger partial charge on any atom is 0.352 e. The summed E-state index contributed by atoms with van der Waals surface area (Å²) in [4.78, 5) is 40.1. The third kappa shape index (κ3) is 7.81. The first-order chi connectivity index (χ1) is 22.6. The third-order valence-corrected chi connectivity index (χ3v) is 10.4. The molecule has 2 aromatic rings. The summed E-state index contributed by atoms with van der Waals surface area (Å²) in [6, 6.07) is 6.41. The summed E-state index contributed by atoms with van der Waals surface area (Å²) in [5.41, 5.74) is 4.43. The smallest absolute Gasteiger partial charge is 0.352 e. The Bertz CT molecular complexity index is 1560. The maximum absolute atomic E-state index is 13.1. The predicted molar refractivity (Wildman–Crippen MR) is 181 cm³/mol. The Morgan fingerprint density at radius 2 is 2.00 bits per heavy atom. The number of benzene rings is 1. The fourth-order valence-electron chi connectivity index (χ4n) is 7.10. The minimum atomic E-state index is -1.21. The number of ether oxygens (including phenoxy) is 2. The van der Waals surface area contributed by atoms with E-state index in [0.29, 0.717) is 29.7 Å². The maximum atomic E-state index is 13.1. The van der Waals surface area contributed by atoms with Gasteiger partial charge in [0.15, 0.2) is 6.79 Å². The molecule has 0 spiro atoms. The molecule has 10 heteroatoms. The normalized spacial score (nSPS) is 22.3. The first-order valence-electron chi connectivity index (χ1n) is 16.6. The van der Waals surface area contributed by atoms with Crippen LogP contribution in [0.15, 0.2) is 64.7 Å². The van der Waals surface area contributed by atoms with E-state index in [1.165, 1.54) is 21.8 Å². The number of carboxylic acid groups (broad SMARTS) is 1. The van der Waals surface area contributed by atoms with Gasteiger partial charge in [-0.1, -0.05) is 49.6 Å².